The molecule has 1 amide bonds. The average Bonchev–Trinajstić information content (AvgIpc) is 2.87. The van der Waals surface area contributed by atoms with E-state index >= 15 is 0 Å². The van der Waals surface area contributed by atoms with E-state index in [1.165, 1.54) is 12.1 Å². The smallest absolute Gasteiger partial charge is 0.264 e. The molecule has 3 rings (SSSR count). The van der Waals surface area contributed by atoms with E-state index in [4.69, 9.17) is 9.47 Å². The van der Waals surface area contributed by atoms with E-state index in [0.717, 1.165) is 21.2 Å². The summed E-state index contributed by atoms with van der Waals surface area (Å²) in [7, 11) is -4.04. The van der Waals surface area contributed by atoms with Gasteiger partial charge in [0.05, 0.1) is 29.5 Å². The van der Waals surface area contributed by atoms with E-state index in [1.807, 2.05) is 45.0 Å². The molecule has 0 heterocycles. The first-order chi connectivity index (χ1) is 17.2. The van der Waals surface area contributed by atoms with Gasteiger partial charge in [-0.15, -0.1) is 0 Å². The van der Waals surface area contributed by atoms with Crippen LogP contribution >= 0.6 is 0 Å². The number of ether oxygens (including phenoxy) is 2. The van der Waals surface area contributed by atoms with Crippen molar-refractivity contribution in [1.29, 1.82) is 0 Å². The monoisotopic (exact) mass is 509 g/mol. The van der Waals surface area contributed by atoms with Crippen LogP contribution in [0, 0.1) is 6.92 Å². The van der Waals surface area contributed by atoms with Crippen LogP contribution in [0.15, 0.2) is 82.8 Å². The topological polar surface area (TPSA) is 97.3 Å². The fourth-order valence-electron chi connectivity index (χ4n) is 3.36. The maximum absolute atomic E-state index is 13.5. The maximum atomic E-state index is 13.5. The number of benzene rings is 3. The van der Waals surface area contributed by atoms with Crippen molar-refractivity contribution < 1.29 is 22.7 Å². The van der Waals surface area contributed by atoms with Crippen molar-refractivity contribution in [2.45, 2.75) is 32.6 Å². The van der Waals surface area contributed by atoms with Crippen molar-refractivity contribution in [1.82, 2.24) is 5.43 Å². The lowest BCUT2D eigenvalue weighted by Crippen LogP contribution is -2.39. The molecule has 0 atom stereocenters. The lowest BCUT2D eigenvalue weighted by atomic mass is 10.1. The van der Waals surface area contributed by atoms with Gasteiger partial charge in [0.15, 0.2) is 0 Å². The fraction of sp³-hybridized carbons (Fsp3) is 0.259. The molecule has 190 valence electrons. The number of hydrazone groups is 1. The zero-order chi connectivity index (χ0) is 26.1. The predicted octanol–water partition coefficient (Wildman–Crippen LogP) is 4.53. The number of carbonyl (C=O) groups excluding carboxylic acids is 1. The van der Waals surface area contributed by atoms with E-state index in [2.05, 4.69) is 10.5 Å². The minimum absolute atomic E-state index is 0.0494. The zero-order valence-electron chi connectivity index (χ0n) is 20.9. The Hall–Kier alpha value is -3.85. The van der Waals surface area contributed by atoms with Gasteiger partial charge in [-0.1, -0.05) is 17.7 Å². The van der Waals surface area contributed by atoms with E-state index in [9.17, 15) is 13.2 Å². The van der Waals surface area contributed by atoms with Crippen LogP contribution in [0.25, 0.3) is 0 Å². The number of sulfonamides is 1. The van der Waals surface area contributed by atoms with Crippen molar-refractivity contribution in [2.24, 2.45) is 5.10 Å². The van der Waals surface area contributed by atoms with Crippen LogP contribution < -0.4 is 19.2 Å². The number of nitrogens with zero attached hydrogens (tertiary/aromatic N) is 2. The molecule has 0 aliphatic rings. The predicted molar refractivity (Wildman–Crippen MR) is 141 cm³/mol. The van der Waals surface area contributed by atoms with E-state index in [1.54, 1.807) is 43.3 Å². The number of rotatable bonds is 11. The van der Waals surface area contributed by atoms with E-state index in [0.29, 0.717) is 30.4 Å². The van der Waals surface area contributed by atoms with Gasteiger partial charge in [-0.05, 0) is 93.9 Å². The third kappa shape index (κ3) is 6.85. The highest BCUT2D eigenvalue weighted by atomic mass is 32.2. The Kier molecular flexibility index (Phi) is 9.08. The number of hydrogen-bond acceptors (Lipinski definition) is 6. The van der Waals surface area contributed by atoms with Gasteiger partial charge < -0.3 is 9.47 Å². The van der Waals surface area contributed by atoms with Crippen molar-refractivity contribution in [3.05, 3.63) is 83.9 Å². The molecule has 1 N–H and O–H groups in total. The van der Waals surface area contributed by atoms with Crippen LogP contribution in [-0.4, -0.2) is 39.8 Å². The first-order valence-electron chi connectivity index (χ1n) is 11.6. The largest absolute Gasteiger partial charge is 0.494 e. The van der Waals surface area contributed by atoms with Crippen molar-refractivity contribution in [2.75, 3.05) is 24.1 Å². The fourth-order valence-corrected chi connectivity index (χ4v) is 4.78. The quantitative estimate of drug-likeness (QED) is 0.303. The molecule has 3 aromatic carbocycles. The van der Waals surface area contributed by atoms with Crippen molar-refractivity contribution in [3.63, 3.8) is 0 Å². The highest BCUT2D eigenvalue weighted by molar-refractivity contribution is 7.92. The lowest BCUT2D eigenvalue weighted by Gasteiger charge is -2.24. The van der Waals surface area contributed by atoms with Crippen LogP contribution in [0.3, 0.4) is 0 Å². The van der Waals surface area contributed by atoms with Crippen LogP contribution in [-0.2, 0) is 14.8 Å². The van der Waals surface area contributed by atoms with Gasteiger partial charge in [-0.2, -0.15) is 5.10 Å². The Morgan fingerprint density at radius 1 is 0.861 bits per heavy atom. The number of nitrogens with one attached hydrogen (secondary N) is 1. The second-order valence-electron chi connectivity index (χ2n) is 7.94. The molecule has 8 nitrogen and oxygen atoms in total. The maximum Gasteiger partial charge on any atom is 0.264 e. The average molecular weight is 510 g/mol. The van der Waals surface area contributed by atoms with Gasteiger partial charge in [-0.3, -0.25) is 9.10 Å². The van der Waals surface area contributed by atoms with Gasteiger partial charge in [0, 0.05) is 0 Å². The molecule has 0 radical (unpaired) electrons. The highest BCUT2D eigenvalue weighted by Crippen LogP contribution is 2.25. The Morgan fingerprint density at radius 2 is 1.39 bits per heavy atom. The molecule has 0 spiro atoms. The van der Waals surface area contributed by atoms with E-state index in [-0.39, 0.29) is 4.90 Å². The summed E-state index contributed by atoms with van der Waals surface area (Å²) in [6.07, 6.45) is 0. The van der Waals surface area contributed by atoms with Crippen molar-refractivity contribution >= 4 is 27.3 Å². The van der Waals surface area contributed by atoms with Gasteiger partial charge in [-0.25, -0.2) is 13.8 Å². The molecule has 0 saturated carbocycles. The summed E-state index contributed by atoms with van der Waals surface area (Å²) in [6.45, 7) is 8.01. The standard InChI is InChI=1S/C27H31N3O5S/c1-5-34-24-13-9-22(10-14-24)21(4)28-29-27(31)19-30(23-11-7-20(3)8-12-23)36(32,33)26-17-15-25(16-18-26)35-6-2/h7-18H,5-6,19H2,1-4H3,(H,29,31)/b28-21-. The molecule has 3 aromatic rings. The molecule has 0 unspecified atom stereocenters. The Balaban J connectivity index is 1.82. The number of anilines is 1. The molecule has 0 aliphatic carbocycles. The first-order valence-corrected chi connectivity index (χ1v) is 13.1. The van der Waals surface area contributed by atoms with Crippen LogP contribution in [0.2, 0.25) is 0 Å². The van der Waals surface area contributed by atoms with Gasteiger partial charge in [0.2, 0.25) is 0 Å². The first kappa shape index (κ1) is 26.7. The molecule has 0 saturated heterocycles. The second kappa shape index (κ2) is 12.2. The third-order valence-corrected chi connectivity index (χ3v) is 7.05. The minimum atomic E-state index is -4.04. The van der Waals surface area contributed by atoms with Crippen LogP contribution in [0.5, 0.6) is 11.5 Å². The molecule has 0 aliphatic heterocycles. The third-order valence-electron chi connectivity index (χ3n) is 5.26. The number of hydrogen-bond donors (Lipinski definition) is 1. The molecular weight excluding hydrogens is 478 g/mol. The van der Waals surface area contributed by atoms with Gasteiger partial charge >= 0.3 is 0 Å². The molecule has 0 bridgehead atoms. The summed E-state index contributed by atoms with van der Waals surface area (Å²) >= 11 is 0. The van der Waals surface area contributed by atoms with E-state index < -0.39 is 22.5 Å². The summed E-state index contributed by atoms with van der Waals surface area (Å²) < 4.78 is 39.0. The highest BCUT2D eigenvalue weighted by Gasteiger charge is 2.27. The lowest BCUT2D eigenvalue weighted by molar-refractivity contribution is -0.119. The molecule has 36 heavy (non-hydrogen) atoms. The molecule has 0 fully saturated rings. The summed E-state index contributed by atoms with van der Waals surface area (Å²) in [5, 5.41) is 4.16. The summed E-state index contributed by atoms with van der Waals surface area (Å²) in [5.74, 6) is 0.733. The summed E-state index contributed by atoms with van der Waals surface area (Å²) in [4.78, 5) is 12.9. The second-order valence-corrected chi connectivity index (χ2v) is 9.80. The van der Waals surface area contributed by atoms with Crippen molar-refractivity contribution in [3.8, 4) is 11.5 Å². The van der Waals surface area contributed by atoms with Gasteiger partial charge in [0.25, 0.3) is 15.9 Å². The molecule has 0 aromatic heterocycles. The Labute approximate surface area is 212 Å². The molecular formula is C27H31N3O5S. The SMILES string of the molecule is CCOc1ccc(/C(C)=N\NC(=O)CN(c2ccc(C)cc2)S(=O)(=O)c2ccc(OCC)cc2)cc1. The summed E-state index contributed by atoms with van der Waals surface area (Å²) in [5.41, 5.74) is 5.19. The summed E-state index contributed by atoms with van der Waals surface area (Å²) in [6, 6.07) is 20.4. The number of carbonyl (C=O) groups is 1. The van der Waals surface area contributed by atoms with Crippen LogP contribution in [0.1, 0.15) is 31.9 Å². The molecule has 9 heteroatoms. The number of amides is 1. The van der Waals surface area contributed by atoms with Gasteiger partial charge in [0.1, 0.15) is 18.0 Å². The zero-order valence-corrected chi connectivity index (χ0v) is 21.7. The normalized spacial score (nSPS) is 11.6. The Morgan fingerprint density at radius 3 is 1.92 bits per heavy atom. The van der Waals surface area contributed by atoms with Crippen LogP contribution in [0.4, 0.5) is 5.69 Å². The Bertz CT molecular complexity index is 1290. The minimum Gasteiger partial charge on any atom is -0.494 e. The number of aryl methyl sites for hydroxylation is 1.